The topological polar surface area (TPSA) is 12.4 Å². The van der Waals surface area contributed by atoms with E-state index < -0.39 is 0 Å². The van der Waals surface area contributed by atoms with Gasteiger partial charge in [0.1, 0.15) is 0 Å². The summed E-state index contributed by atoms with van der Waals surface area (Å²) in [6.07, 6.45) is 6.13. The Kier molecular flexibility index (Phi) is 4.80. The number of nitrogens with zero attached hydrogens (tertiary/aromatic N) is 1. The molecule has 0 bridgehead atoms. The van der Waals surface area contributed by atoms with Crippen LogP contribution >= 0.6 is 0 Å². The second kappa shape index (κ2) is 7.37. The second-order valence-electron chi connectivity index (χ2n) is 5.50. The molecule has 0 aromatic heterocycles. The minimum absolute atomic E-state index is 0.961. The van der Waals surface area contributed by atoms with Crippen LogP contribution in [0, 0.1) is 6.92 Å². The van der Waals surface area contributed by atoms with Crippen molar-refractivity contribution in [2.24, 2.45) is 4.99 Å². The van der Waals surface area contributed by atoms with Gasteiger partial charge in [-0.2, -0.15) is 0 Å². The predicted molar refractivity (Wildman–Crippen MR) is 100 cm³/mol. The first-order chi connectivity index (χ1) is 11.3. The lowest BCUT2D eigenvalue weighted by atomic mass is 10.1. The lowest BCUT2D eigenvalue weighted by molar-refractivity contribution is 1.46. The number of hydrogen-bond acceptors (Lipinski definition) is 1. The zero-order valence-corrected chi connectivity index (χ0v) is 13.2. The number of aryl methyl sites for hydroxylation is 1. The van der Waals surface area contributed by atoms with Gasteiger partial charge in [-0.15, -0.1) is 0 Å². The molecular formula is C22H19N. The van der Waals surface area contributed by atoms with Crippen molar-refractivity contribution in [3.8, 4) is 0 Å². The van der Waals surface area contributed by atoms with Crippen molar-refractivity contribution in [1.29, 1.82) is 0 Å². The van der Waals surface area contributed by atoms with Gasteiger partial charge in [0.2, 0.25) is 0 Å². The maximum absolute atomic E-state index is 4.52. The van der Waals surface area contributed by atoms with Gasteiger partial charge in [0, 0.05) is 6.21 Å². The minimum Gasteiger partial charge on any atom is -0.256 e. The monoisotopic (exact) mass is 297 g/mol. The Morgan fingerprint density at radius 1 is 0.609 bits per heavy atom. The normalized spacial score (nSPS) is 11.3. The Bertz CT molecular complexity index is 795. The van der Waals surface area contributed by atoms with Crippen molar-refractivity contribution in [2.45, 2.75) is 6.92 Å². The maximum Gasteiger partial charge on any atom is 0.0630 e. The molecule has 0 aliphatic heterocycles. The van der Waals surface area contributed by atoms with Crippen LogP contribution in [0.25, 0.3) is 12.2 Å². The fourth-order valence-corrected chi connectivity index (χ4v) is 2.23. The summed E-state index contributed by atoms with van der Waals surface area (Å²) in [7, 11) is 0. The first-order valence-corrected chi connectivity index (χ1v) is 7.73. The molecule has 0 amide bonds. The van der Waals surface area contributed by atoms with Crippen LogP contribution in [0.2, 0.25) is 0 Å². The third kappa shape index (κ3) is 4.52. The summed E-state index contributed by atoms with van der Waals surface area (Å²) in [5.41, 5.74) is 5.71. The first kappa shape index (κ1) is 15.0. The van der Waals surface area contributed by atoms with Crippen molar-refractivity contribution in [2.75, 3.05) is 0 Å². The summed E-state index contributed by atoms with van der Waals surface area (Å²) in [6, 6.07) is 26.9. The quantitative estimate of drug-likeness (QED) is 0.419. The molecule has 0 spiro atoms. The Balaban J connectivity index is 1.67. The molecule has 3 rings (SSSR count). The highest BCUT2D eigenvalue weighted by Gasteiger charge is 1.91. The molecule has 0 aliphatic rings. The second-order valence-corrected chi connectivity index (χ2v) is 5.50. The van der Waals surface area contributed by atoms with E-state index in [2.05, 4.69) is 72.6 Å². The fourth-order valence-electron chi connectivity index (χ4n) is 2.23. The molecule has 3 aromatic rings. The average Bonchev–Trinajstić information content (AvgIpc) is 2.61. The minimum atomic E-state index is 0.961. The van der Waals surface area contributed by atoms with Gasteiger partial charge in [0.05, 0.1) is 5.69 Å². The van der Waals surface area contributed by atoms with Crippen LogP contribution in [0.5, 0.6) is 0 Å². The fraction of sp³-hybridized carbons (Fsp3) is 0.0455. The van der Waals surface area contributed by atoms with E-state index in [0.717, 1.165) is 11.3 Å². The van der Waals surface area contributed by atoms with Crippen molar-refractivity contribution < 1.29 is 0 Å². The molecule has 0 fully saturated rings. The van der Waals surface area contributed by atoms with E-state index in [1.54, 1.807) is 0 Å². The molecule has 0 saturated carbocycles. The third-order valence-corrected chi connectivity index (χ3v) is 3.60. The highest BCUT2D eigenvalue weighted by Crippen LogP contribution is 2.15. The van der Waals surface area contributed by atoms with Crippen LogP contribution in [0.15, 0.2) is 83.9 Å². The van der Waals surface area contributed by atoms with Gasteiger partial charge >= 0.3 is 0 Å². The zero-order valence-electron chi connectivity index (χ0n) is 13.2. The summed E-state index contributed by atoms with van der Waals surface area (Å²) in [6.45, 7) is 2.09. The average molecular weight is 297 g/mol. The summed E-state index contributed by atoms with van der Waals surface area (Å²) in [4.78, 5) is 4.52. The molecule has 23 heavy (non-hydrogen) atoms. The van der Waals surface area contributed by atoms with Crippen LogP contribution in [-0.4, -0.2) is 6.21 Å². The summed E-state index contributed by atoms with van der Waals surface area (Å²) < 4.78 is 0. The predicted octanol–water partition coefficient (Wildman–Crippen LogP) is 5.92. The molecule has 3 aromatic carbocycles. The highest BCUT2D eigenvalue weighted by molar-refractivity contribution is 5.82. The van der Waals surface area contributed by atoms with Crippen molar-refractivity contribution in [3.63, 3.8) is 0 Å². The van der Waals surface area contributed by atoms with E-state index in [-0.39, 0.29) is 0 Å². The molecule has 0 N–H and O–H groups in total. The van der Waals surface area contributed by atoms with E-state index in [9.17, 15) is 0 Å². The molecule has 1 nitrogen and oxygen atoms in total. The molecule has 0 aliphatic carbocycles. The van der Waals surface area contributed by atoms with Crippen LogP contribution < -0.4 is 0 Å². The van der Waals surface area contributed by atoms with E-state index >= 15 is 0 Å². The lowest BCUT2D eigenvalue weighted by Gasteiger charge is -1.97. The van der Waals surface area contributed by atoms with Gasteiger partial charge in [-0.1, -0.05) is 84.4 Å². The summed E-state index contributed by atoms with van der Waals surface area (Å²) in [5, 5.41) is 0. The largest absolute Gasteiger partial charge is 0.256 e. The lowest BCUT2D eigenvalue weighted by Crippen LogP contribution is -1.80. The SMILES string of the molecule is Cc1ccc(C=Nc2ccc(/C=C/c3ccccc3)cc2)cc1. The third-order valence-electron chi connectivity index (χ3n) is 3.60. The Morgan fingerprint density at radius 2 is 1.17 bits per heavy atom. The van der Waals surface area contributed by atoms with Crippen LogP contribution in [0.3, 0.4) is 0 Å². The summed E-state index contributed by atoms with van der Waals surface area (Å²) >= 11 is 0. The molecule has 112 valence electrons. The number of benzene rings is 3. The van der Waals surface area contributed by atoms with E-state index in [1.165, 1.54) is 16.7 Å². The maximum atomic E-state index is 4.52. The smallest absolute Gasteiger partial charge is 0.0630 e. The van der Waals surface area contributed by atoms with Gasteiger partial charge in [-0.3, -0.25) is 4.99 Å². The van der Waals surface area contributed by atoms with Gasteiger partial charge < -0.3 is 0 Å². The standard InChI is InChI=1S/C22H19N/c1-18-7-9-21(10-8-18)17-23-22-15-13-20(14-16-22)12-11-19-5-3-2-4-6-19/h2-17H,1H3/b12-11+,23-17?. The van der Waals surface area contributed by atoms with Crippen molar-refractivity contribution >= 4 is 24.1 Å². The van der Waals surface area contributed by atoms with Gasteiger partial charge in [-0.25, -0.2) is 0 Å². The number of rotatable bonds is 4. The molecule has 0 atom stereocenters. The van der Waals surface area contributed by atoms with Crippen LogP contribution in [0.4, 0.5) is 5.69 Å². The van der Waals surface area contributed by atoms with E-state index in [1.807, 2.05) is 36.5 Å². The van der Waals surface area contributed by atoms with E-state index in [0.29, 0.717) is 0 Å². The Labute approximate surface area is 137 Å². The van der Waals surface area contributed by atoms with Gasteiger partial charge in [0.25, 0.3) is 0 Å². The van der Waals surface area contributed by atoms with Crippen molar-refractivity contribution in [1.82, 2.24) is 0 Å². The van der Waals surface area contributed by atoms with Crippen LogP contribution in [0.1, 0.15) is 22.3 Å². The zero-order chi connectivity index (χ0) is 15.9. The molecular weight excluding hydrogens is 278 g/mol. The van der Waals surface area contributed by atoms with E-state index in [4.69, 9.17) is 0 Å². The number of hydrogen-bond donors (Lipinski definition) is 0. The molecule has 0 radical (unpaired) electrons. The Hall–Kier alpha value is -2.93. The first-order valence-electron chi connectivity index (χ1n) is 7.73. The van der Waals surface area contributed by atoms with Gasteiger partial charge in [0.15, 0.2) is 0 Å². The summed E-state index contributed by atoms with van der Waals surface area (Å²) in [5.74, 6) is 0. The molecule has 1 heteroatoms. The molecule has 0 saturated heterocycles. The molecule has 0 heterocycles. The van der Waals surface area contributed by atoms with Crippen molar-refractivity contribution in [3.05, 3.63) is 101 Å². The number of aliphatic imine (C=N–C) groups is 1. The molecule has 0 unspecified atom stereocenters. The highest BCUT2D eigenvalue weighted by atomic mass is 14.7. The van der Waals surface area contributed by atoms with Crippen LogP contribution in [-0.2, 0) is 0 Å². The Morgan fingerprint density at radius 3 is 1.83 bits per heavy atom. The van der Waals surface area contributed by atoms with Gasteiger partial charge in [-0.05, 0) is 35.7 Å².